The Balaban J connectivity index is 1.76. The molecule has 0 aliphatic heterocycles. The molecule has 0 aliphatic carbocycles. The van der Waals surface area contributed by atoms with Gasteiger partial charge in [0.2, 0.25) is 0 Å². The van der Waals surface area contributed by atoms with E-state index in [4.69, 9.17) is 0 Å². The Morgan fingerprint density at radius 1 is 1.08 bits per heavy atom. The Hall–Kier alpha value is -2.60. The number of thiazole rings is 1. The van der Waals surface area contributed by atoms with Gasteiger partial charge in [0.15, 0.2) is 10.8 Å². The van der Waals surface area contributed by atoms with Crippen LogP contribution in [0, 0.1) is 0 Å². The Morgan fingerprint density at radius 3 is 2.46 bits per heavy atom. The molecule has 2 heterocycles. The summed E-state index contributed by atoms with van der Waals surface area (Å²) in [5.41, 5.74) is 1.27. The number of likely N-dealkylation sites (N-methyl/N-ethyl adjacent to an activating group) is 1. The zero-order valence-corrected chi connectivity index (χ0v) is 15.8. The molecule has 134 valence electrons. The first-order valence-corrected chi connectivity index (χ1v) is 9.62. The van der Waals surface area contributed by atoms with Crippen LogP contribution in [-0.4, -0.2) is 38.8 Å². The van der Waals surface area contributed by atoms with E-state index in [1.165, 1.54) is 16.9 Å². The summed E-state index contributed by atoms with van der Waals surface area (Å²) >= 11 is 1.34. The van der Waals surface area contributed by atoms with E-state index in [9.17, 15) is 4.79 Å². The Labute approximate surface area is 157 Å². The van der Waals surface area contributed by atoms with E-state index < -0.39 is 0 Å². The van der Waals surface area contributed by atoms with Gasteiger partial charge in [-0.1, -0.05) is 37.3 Å². The predicted octanol–water partition coefficient (Wildman–Crippen LogP) is 4.26. The average Bonchev–Trinajstić information content (AvgIpc) is 3.20. The van der Waals surface area contributed by atoms with Crippen molar-refractivity contribution in [2.45, 2.75) is 26.2 Å². The van der Waals surface area contributed by atoms with Gasteiger partial charge >= 0.3 is 0 Å². The highest BCUT2D eigenvalue weighted by Gasteiger charge is 2.21. The van der Waals surface area contributed by atoms with Crippen molar-refractivity contribution in [1.82, 2.24) is 19.9 Å². The first-order valence-electron chi connectivity index (χ1n) is 8.80. The van der Waals surface area contributed by atoms with Crippen LogP contribution in [0.2, 0.25) is 0 Å². The maximum Gasteiger partial charge on any atom is 0.265 e. The van der Waals surface area contributed by atoms with Gasteiger partial charge in [-0.25, -0.2) is 15.0 Å². The molecule has 26 heavy (non-hydrogen) atoms. The minimum atomic E-state index is 0.0153. The summed E-state index contributed by atoms with van der Waals surface area (Å²) in [4.78, 5) is 28.2. The summed E-state index contributed by atoms with van der Waals surface area (Å²) < 4.78 is 0. The second kappa shape index (κ2) is 8.67. The van der Waals surface area contributed by atoms with Crippen molar-refractivity contribution in [2.24, 2.45) is 0 Å². The lowest BCUT2D eigenvalue weighted by Gasteiger charge is -2.26. The molecule has 0 unspecified atom stereocenters. The molecule has 0 fully saturated rings. The molecule has 0 spiro atoms. The average molecular weight is 366 g/mol. The molecular formula is C20H22N4OS. The topological polar surface area (TPSA) is 59.0 Å². The summed E-state index contributed by atoms with van der Waals surface area (Å²) in [5, 5.41) is 0.667. The fourth-order valence-electron chi connectivity index (χ4n) is 2.86. The second-order valence-corrected chi connectivity index (χ2v) is 6.99. The van der Waals surface area contributed by atoms with Gasteiger partial charge in [0, 0.05) is 31.4 Å². The van der Waals surface area contributed by atoms with E-state index in [0.717, 1.165) is 6.42 Å². The molecule has 0 radical (unpaired) electrons. The Bertz CT molecular complexity index is 835. The van der Waals surface area contributed by atoms with Crippen LogP contribution in [0.25, 0.3) is 10.8 Å². The summed E-state index contributed by atoms with van der Waals surface area (Å²) in [6, 6.07) is 12.1. The van der Waals surface area contributed by atoms with Crippen LogP contribution in [0.1, 0.15) is 41.4 Å². The Morgan fingerprint density at radius 2 is 1.81 bits per heavy atom. The van der Waals surface area contributed by atoms with Gasteiger partial charge in [0.25, 0.3) is 5.91 Å². The van der Waals surface area contributed by atoms with Crippen molar-refractivity contribution in [3.05, 3.63) is 65.4 Å². The Kier molecular flexibility index (Phi) is 6.07. The lowest BCUT2D eigenvalue weighted by molar-refractivity contribution is 0.0758. The number of hydrogen-bond donors (Lipinski definition) is 0. The maximum atomic E-state index is 13.0. The molecule has 3 rings (SSSR count). The van der Waals surface area contributed by atoms with Crippen LogP contribution < -0.4 is 0 Å². The zero-order valence-electron chi connectivity index (χ0n) is 15.0. The highest BCUT2D eigenvalue weighted by atomic mass is 32.1. The quantitative estimate of drug-likeness (QED) is 0.627. The third-order valence-electron chi connectivity index (χ3n) is 4.35. The van der Waals surface area contributed by atoms with Crippen LogP contribution in [0.4, 0.5) is 0 Å². The summed E-state index contributed by atoms with van der Waals surface area (Å²) in [5.74, 6) is 0.891. The first-order chi connectivity index (χ1) is 12.7. The monoisotopic (exact) mass is 366 g/mol. The normalized spacial score (nSPS) is 11.9. The van der Waals surface area contributed by atoms with Gasteiger partial charge in [0.05, 0.1) is 6.20 Å². The standard InChI is InChI=1S/C20H22N4OS/c1-3-15(16-9-6-5-7-10-16)14-24(4-2)20(25)17-13-23-19(26-17)18-21-11-8-12-22-18/h5-13,15H,3-4,14H2,1-2H3/t15-/m0/s1. The van der Waals surface area contributed by atoms with E-state index in [1.54, 1.807) is 24.7 Å². The largest absolute Gasteiger partial charge is 0.338 e. The molecular weight excluding hydrogens is 344 g/mol. The van der Waals surface area contributed by atoms with Gasteiger partial charge < -0.3 is 4.90 Å². The van der Waals surface area contributed by atoms with Crippen LogP contribution in [-0.2, 0) is 0 Å². The van der Waals surface area contributed by atoms with Gasteiger partial charge in [-0.3, -0.25) is 4.79 Å². The summed E-state index contributed by atoms with van der Waals surface area (Å²) in [7, 11) is 0. The lowest BCUT2D eigenvalue weighted by Crippen LogP contribution is -2.34. The van der Waals surface area contributed by atoms with Crippen molar-refractivity contribution >= 4 is 17.2 Å². The number of hydrogen-bond acceptors (Lipinski definition) is 5. The molecule has 1 amide bonds. The minimum absolute atomic E-state index is 0.0153. The maximum absolute atomic E-state index is 13.0. The number of nitrogens with zero attached hydrogens (tertiary/aromatic N) is 4. The van der Waals surface area contributed by atoms with Gasteiger partial charge in [-0.15, -0.1) is 11.3 Å². The fraction of sp³-hybridized carbons (Fsp3) is 0.300. The molecule has 6 heteroatoms. The van der Waals surface area contributed by atoms with Crippen molar-refractivity contribution in [3.63, 3.8) is 0 Å². The van der Waals surface area contributed by atoms with Crippen molar-refractivity contribution in [3.8, 4) is 10.8 Å². The molecule has 2 aromatic heterocycles. The van der Waals surface area contributed by atoms with E-state index in [0.29, 0.717) is 34.7 Å². The number of aromatic nitrogens is 3. The highest BCUT2D eigenvalue weighted by Crippen LogP contribution is 2.25. The molecule has 3 aromatic rings. The lowest BCUT2D eigenvalue weighted by atomic mass is 9.96. The zero-order chi connectivity index (χ0) is 18.4. The van der Waals surface area contributed by atoms with Crippen molar-refractivity contribution in [1.29, 1.82) is 0 Å². The van der Waals surface area contributed by atoms with E-state index in [-0.39, 0.29) is 5.91 Å². The summed E-state index contributed by atoms with van der Waals surface area (Å²) in [6.07, 6.45) is 5.97. The number of benzene rings is 1. The van der Waals surface area contributed by atoms with Gasteiger partial charge in [-0.05, 0) is 25.0 Å². The van der Waals surface area contributed by atoms with Crippen LogP contribution in [0.3, 0.4) is 0 Å². The van der Waals surface area contributed by atoms with E-state index in [2.05, 4.69) is 34.0 Å². The number of amides is 1. The van der Waals surface area contributed by atoms with Crippen LogP contribution in [0.5, 0.6) is 0 Å². The predicted molar refractivity (Wildman–Crippen MR) is 104 cm³/mol. The van der Waals surface area contributed by atoms with Crippen molar-refractivity contribution < 1.29 is 4.79 Å². The summed E-state index contributed by atoms with van der Waals surface area (Å²) in [6.45, 7) is 5.54. The molecule has 0 bridgehead atoms. The molecule has 1 atom stereocenters. The van der Waals surface area contributed by atoms with Crippen molar-refractivity contribution in [2.75, 3.05) is 13.1 Å². The van der Waals surface area contributed by atoms with E-state index in [1.807, 2.05) is 30.0 Å². The number of rotatable bonds is 7. The van der Waals surface area contributed by atoms with Crippen LogP contribution in [0.15, 0.2) is 55.0 Å². The fourth-order valence-corrected chi connectivity index (χ4v) is 3.69. The number of carbonyl (C=O) groups is 1. The molecule has 0 saturated heterocycles. The SMILES string of the molecule is CC[C@@H](CN(CC)C(=O)c1cnc(-c2ncccn2)s1)c1ccccc1. The molecule has 1 aromatic carbocycles. The first kappa shape index (κ1) is 18.2. The third kappa shape index (κ3) is 4.14. The molecule has 0 aliphatic rings. The minimum Gasteiger partial charge on any atom is -0.338 e. The molecule has 0 N–H and O–H groups in total. The second-order valence-electron chi connectivity index (χ2n) is 5.96. The van der Waals surface area contributed by atoms with Gasteiger partial charge in [0.1, 0.15) is 4.88 Å². The highest BCUT2D eigenvalue weighted by molar-refractivity contribution is 7.16. The van der Waals surface area contributed by atoms with Gasteiger partial charge in [-0.2, -0.15) is 0 Å². The van der Waals surface area contributed by atoms with Crippen LogP contribution >= 0.6 is 11.3 Å². The number of carbonyl (C=O) groups excluding carboxylic acids is 1. The third-order valence-corrected chi connectivity index (χ3v) is 5.33. The molecule has 0 saturated carbocycles. The van der Waals surface area contributed by atoms with E-state index >= 15 is 0 Å². The molecule has 5 nitrogen and oxygen atoms in total. The smallest absolute Gasteiger partial charge is 0.265 e.